The SMILES string of the molecule is Cc1cc(C)cc(C(=O)c2cc(C)c(O)c(C)c2)c1. The molecule has 0 aliphatic rings. The predicted octanol–water partition coefficient (Wildman–Crippen LogP) is 3.86. The van der Waals surface area contributed by atoms with Crippen LogP contribution < -0.4 is 0 Å². The number of hydrogen-bond donors (Lipinski definition) is 1. The van der Waals surface area contributed by atoms with Gasteiger partial charge in [-0.3, -0.25) is 4.79 Å². The molecule has 2 rings (SSSR count). The van der Waals surface area contributed by atoms with Gasteiger partial charge in [0, 0.05) is 11.1 Å². The van der Waals surface area contributed by atoms with Crippen LogP contribution in [0.4, 0.5) is 0 Å². The highest BCUT2D eigenvalue weighted by molar-refractivity contribution is 6.09. The molecular weight excluding hydrogens is 236 g/mol. The van der Waals surface area contributed by atoms with Crippen molar-refractivity contribution < 1.29 is 9.90 Å². The van der Waals surface area contributed by atoms with E-state index in [-0.39, 0.29) is 11.5 Å². The second kappa shape index (κ2) is 4.88. The minimum absolute atomic E-state index is 0.00185. The lowest BCUT2D eigenvalue weighted by Crippen LogP contribution is -2.03. The molecule has 0 amide bonds. The fourth-order valence-corrected chi connectivity index (χ4v) is 2.36. The van der Waals surface area contributed by atoms with E-state index in [0.29, 0.717) is 11.1 Å². The Bertz CT molecular complexity index is 611. The largest absolute Gasteiger partial charge is 0.507 e. The molecule has 0 aliphatic heterocycles. The van der Waals surface area contributed by atoms with Crippen molar-refractivity contribution in [3.8, 4) is 5.75 Å². The summed E-state index contributed by atoms with van der Waals surface area (Å²) in [5.41, 5.74) is 4.94. The van der Waals surface area contributed by atoms with Gasteiger partial charge in [0.15, 0.2) is 5.78 Å². The topological polar surface area (TPSA) is 37.3 Å². The van der Waals surface area contributed by atoms with E-state index in [1.54, 1.807) is 26.0 Å². The predicted molar refractivity (Wildman–Crippen MR) is 76.9 cm³/mol. The number of benzene rings is 2. The molecule has 0 unspecified atom stereocenters. The van der Waals surface area contributed by atoms with Crippen LogP contribution in [0.5, 0.6) is 5.75 Å². The molecule has 0 radical (unpaired) electrons. The van der Waals surface area contributed by atoms with Gasteiger partial charge in [-0.1, -0.05) is 17.2 Å². The third-order valence-corrected chi connectivity index (χ3v) is 3.24. The van der Waals surface area contributed by atoms with Gasteiger partial charge in [-0.25, -0.2) is 0 Å². The van der Waals surface area contributed by atoms with Gasteiger partial charge >= 0.3 is 0 Å². The van der Waals surface area contributed by atoms with E-state index in [1.165, 1.54) is 0 Å². The van der Waals surface area contributed by atoms with Crippen LogP contribution in [0.1, 0.15) is 38.2 Å². The Morgan fingerprint density at radius 3 is 1.68 bits per heavy atom. The molecule has 2 aromatic rings. The number of phenols is 1. The second-order valence-electron chi connectivity index (χ2n) is 5.16. The Kier molecular flexibility index (Phi) is 3.43. The molecule has 2 heteroatoms. The molecule has 0 fully saturated rings. The summed E-state index contributed by atoms with van der Waals surface area (Å²) in [7, 11) is 0. The lowest BCUT2D eigenvalue weighted by molar-refractivity contribution is 0.103. The van der Waals surface area contributed by atoms with Gasteiger partial charge < -0.3 is 5.11 Å². The van der Waals surface area contributed by atoms with Crippen LogP contribution in [-0.4, -0.2) is 10.9 Å². The number of rotatable bonds is 2. The van der Waals surface area contributed by atoms with Gasteiger partial charge in [-0.05, 0) is 63.1 Å². The monoisotopic (exact) mass is 254 g/mol. The molecule has 0 aromatic heterocycles. The summed E-state index contributed by atoms with van der Waals surface area (Å²) in [6, 6.07) is 9.31. The molecule has 1 N–H and O–H groups in total. The third kappa shape index (κ3) is 2.68. The van der Waals surface area contributed by atoms with Crippen LogP contribution in [0, 0.1) is 27.7 Å². The average molecular weight is 254 g/mol. The van der Waals surface area contributed by atoms with Gasteiger partial charge in [0.2, 0.25) is 0 Å². The average Bonchev–Trinajstić information content (AvgIpc) is 2.33. The number of aryl methyl sites for hydroxylation is 4. The molecule has 0 spiro atoms. The summed E-state index contributed by atoms with van der Waals surface area (Å²) in [5, 5.41) is 9.76. The number of carbonyl (C=O) groups excluding carboxylic acids is 1. The van der Waals surface area contributed by atoms with Crippen molar-refractivity contribution in [2.75, 3.05) is 0 Å². The first-order chi connectivity index (χ1) is 8.88. The van der Waals surface area contributed by atoms with Crippen LogP contribution in [-0.2, 0) is 0 Å². The first kappa shape index (κ1) is 13.3. The zero-order valence-electron chi connectivity index (χ0n) is 11.7. The molecule has 98 valence electrons. The fraction of sp³-hybridized carbons (Fsp3) is 0.235. The van der Waals surface area contributed by atoms with E-state index in [2.05, 4.69) is 0 Å². The van der Waals surface area contributed by atoms with Crippen molar-refractivity contribution in [1.29, 1.82) is 0 Å². The Balaban J connectivity index is 2.50. The van der Waals surface area contributed by atoms with Gasteiger partial charge in [0.25, 0.3) is 0 Å². The highest BCUT2D eigenvalue weighted by Crippen LogP contribution is 2.24. The molecule has 0 atom stereocenters. The van der Waals surface area contributed by atoms with Crippen LogP contribution in [0.15, 0.2) is 30.3 Å². The molecule has 0 saturated carbocycles. The summed E-state index contributed by atoms with van der Waals surface area (Å²) in [6.07, 6.45) is 0. The Morgan fingerprint density at radius 2 is 1.21 bits per heavy atom. The highest BCUT2D eigenvalue weighted by atomic mass is 16.3. The fourth-order valence-electron chi connectivity index (χ4n) is 2.36. The van der Waals surface area contributed by atoms with E-state index in [9.17, 15) is 9.90 Å². The summed E-state index contributed by atoms with van der Waals surface area (Å²) < 4.78 is 0. The Hall–Kier alpha value is -2.09. The maximum atomic E-state index is 12.5. The number of aromatic hydroxyl groups is 1. The zero-order valence-corrected chi connectivity index (χ0v) is 11.7. The van der Waals surface area contributed by atoms with Gasteiger partial charge in [-0.2, -0.15) is 0 Å². The summed E-state index contributed by atoms with van der Waals surface area (Å²) in [6.45, 7) is 7.58. The molecule has 2 nitrogen and oxygen atoms in total. The third-order valence-electron chi connectivity index (χ3n) is 3.24. The van der Waals surface area contributed by atoms with E-state index in [4.69, 9.17) is 0 Å². The van der Waals surface area contributed by atoms with Crippen molar-refractivity contribution in [1.82, 2.24) is 0 Å². The van der Waals surface area contributed by atoms with Crippen LogP contribution in [0.3, 0.4) is 0 Å². The van der Waals surface area contributed by atoms with E-state index in [1.807, 2.05) is 32.0 Å². The maximum absolute atomic E-state index is 12.5. The first-order valence-electron chi connectivity index (χ1n) is 6.31. The number of phenolic OH excluding ortho intramolecular Hbond substituents is 1. The highest BCUT2D eigenvalue weighted by Gasteiger charge is 2.13. The van der Waals surface area contributed by atoms with Gasteiger partial charge in [0.1, 0.15) is 5.75 Å². The van der Waals surface area contributed by atoms with Gasteiger partial charge in [-0.15, -0.1) is 0 Å². The lowest BCUT2D eigenvalue weighted by atomic mass is 9.96. The molecule has 0 bridgehead atoms. The number of carbonyl (C=O) groups is 1. The first-order valence-corrected chi connectivity index (χ1v) is 6.31. The van der Waals surface area contributed by atoms with Crippen molar-refractivity contribution in [2.24, 2.45) is 0 Å². The smallest absolute Gasteiger partial charge is 0.193 e. The summed E-state index contributed by atoms with van der Waals surface area (Å²) in [5.74, 6) is 0.259. The molecule has 0 heterocycles. The molecule has 2 aromatic carbocycles. The van der Waals surface area contributed by atoms with Crippen molar-refractivity contribution in [2.45, 2.75) is 27.7 Å². The normalized spacial score (nSPS) is 10.5. The van der Waals surface area contributed by atoms with Crippen LogP contribution >= 0.6 is 0 Å². The van der Waals surface area contributed by atoms with Crippen molar-refractivity contribution >= 4 is 5.78 Å². The van der Waals surface area contributed by atoms with E-state index < -0.39 is 0 Å². The minimum Gasteiger partial charge on any atom is -0.507 e. The minimum atomic E-state index is -0.00185. The molecule has 0 aliphatic carbocycles. The second-order valence-corrected chi connectivity index (χ2v) is 5.16. The zero-order chi connectivity index (χ0) is 14.2. The number of hydrogen-bond acceptors (Lipinski definition) is 2. The van der Waals surface area contributed by atoms with Crippen molar-refractivity contribution in [3.05, 3.63) is 63.7 Å². The van der Waals surface area contributed by atoms with E-state index >= 15 is 0 Å². The van der Waals surface area contributed by atoms with E-state index in [0.717, 1.165) is 22.3 Å². The standard InChI is InChI=1S/C17H18O2/c1-10-5-11(2)7-14(6-10)17(19)15-8-12(3)16(18)13(4)9-15/h5-9,18H,1-4H3. The lowest BCUT2D eigenvalue weighted by Gasteiger charge is -2.08. The van der Waals surface area contributed by atoms with Gasteiger partial charge in [0.05, 0.1) is 0 Å². The molecule has 0 saturated heterocycles. The quantitative estimate of drug-likeness (QED) is 0.826. The summed E-state index contributed by atoms with van der Waals surface area (Å²) >= 11 is 0. The van der Waals surface area contributed by atoms with Crippen molar-refractivity contribution in [3.63, 3.8) is 0 Å². The van der Waals surface area contributed by atoms with Crippen LogP contribution in [0.25, 0.3) is 0 Å². The Morgan fingerprint density at radius 1 is 0.789 bits per heavy atom. The molecular formula is C17H18O2. The maximum Gasteiger partial charge on any atom is 0.193 e. The summed E-state index contributed by atoms with van der Waals surface area (Å²) in [4.78, 5) is 12.5. The van der Waals surface area contributed by atoms with Crippen LogP contribution in [0.2, 0.25) is 0 Å². The Labute approximate surface area is 113 Å². The number of ketones is 1. The molecule has 19 heavy (non-hydrogen) atoms.